The average molecular weight is 297 g/mol. The fourth-order valence-electron chi connectivity index (χ4n) is 1.62. The van der Waals surface area contributed by atoms with Crippen molar-refractivity contribution in [3.05, 3.63) is 37.9 Å². The van der Waals surface area contributed by atoms with E-state index >= 15 is 0 Å². The van der Waals surface area contributed by atoms with Crippen molar-refractivity contribution in [1.29, 1.82) is 0 Å². The van der Waals surface area contributed by atoms with Gasteiger partial charge in [0.15, 0.2) is 5.69 Å². The minimum atomic E-state index is -0.878. The van der Waals surface area contributed by atoms with Crippen molar-refractivity contribution >= 4 is 23.0 Å². The van der Waals surface area contributed by atoms with Crippen LogP contribution in [0.4, 0.5) is 17.1 Å². The maximum Gasteiger partial charge on any atom is 0.338 e. The fourth-order valence-corrected chi connectivity index (χ4v) is 1.62. The van der Waals surface area contributed by atoms with Crippen molar-refractivity contribution in [3.63, 3.8) is 0 Å². The number of hydrogen-bond acceptors (Lipinski definition) is 7. The number of hydrogen-bond donors (Lipinski definition) is 1. The monoisotopic (exact) mass is 297 g/mol. The molecule has 0 aliphatic carbocycles. The Hall–Kier alpha value is -2.71. The smallest absolute Gasteiger partial charge is 0.338 e. The summed E-state index contributed by atoms with van der Waals surface area (Å²) in [5.41, 5.74) is -1.53. The van der Waals surface area contributed by atoms with E-state index in [1.807, 2.05) is 13.8 Å². The Labute approximate surface area is 120 Å². The van der Waals surface area contributed by atoms with E-state index in [9.17, 15) is 25.0 Å². The molecule has 114 valence electrons. The first kappa shape index (κ1) is 16.3. The molecule has 0 unspecified atom stereocenters. The lowest BCUT2D eigenvalue weighted by Crippen LogP contribution is -2.13. The summed E-state index contributed by atoms with van der Waals surface area (Å²) in [6.45, 7) is 4.03. The van der Waals surface area contributed by atoms with Gasteiger partial charge in [0.2, 0.25) is 0 Å². The number of nitro groups is 2. The second-order valence-electron chi connectivity index (χ2n) is 4.67. The highest BCUT2D eigenvalue weighted by molar-refractivity contribution is 5.93. The molecule has 1 N–H and O–H groups in total. The minimum Gasteiger partial charge on any atom is -0.465 e. The van der Waals surface area contributed by atoms with Crippen LogP contribution in [0.5, 0.6) is 0 Å². The number of nitrogens with zero attached hydrogens (tertiary/aromatic N) is 2. The van der Waals surface area contributed by atoms with E-state index in [1.165, 1.54) is 0 Å². The highest BCUT2D eigenvalue weighted by Gasteiger charge is 2.28. The molecule has 0 heterocycles. The number of anilines is 1. The van der Waals surface area contributed by atoms with Crippen LogP contribution in [0.1, 0.15) is 24.2 Å². The standard InChI is InChI=1S/C12H15N3O6/c1-7(2)6-13-11-9(14(17)18)4-8(12(16)21-3)5-10(11)15(19)20/h4-5,7,13H,6H2,1-3H3. The van der Waals surface area contributed by atoms with Crippen LogP contribution in [0.3, 0.4) is 0 Å². The van der Waals surface area contributed by atoms with Gasteiger partial charge in [-0.1, -0.05) is 13.8 Å². The van der Waals surface area contributed by atoms with E-state index in [1.54, 1.807) is 0 Å². The highest BCUT2D eigenvalue weighted by atomic mass is 16.6. The summed E-state index contributed by atoms with van der Waals surface area (Å²) in [7, 11) is 1.09. The van der Waals surface area contributed by atoms with Gasteiger partial charge in [0.25, 0.3) is 11.4 Å². The third kappa shape index (κ3) is 3.88. The molecule has 0 aromatic heterocycles. The Bertz CT molecular complexity index is 549. The van der Waals surface area contributed by atoms with E-state index in [0.29, 0.717) is 6.54 Å². The molecule has 0 bridgehead atoms. The summed E-state index contributed by atoms with van der Waals surface area (Å²) < 4.78 is 4.44. The van der Waals surface area contributed by atoms with Gasteiger partial charge < -0.3 is 10.1 Å². The highest BCUT2D eigenvalue weighted by Crippen LogP contribution is 2.36. The van der Waals surface area contributed by atoms with Crippen molar-refractivity contribution in [2.24, 2.45) is 5.92 Å². The molecular weight excluding hydrogens is 282 g/mol. The molecule has 0 saturated carbocycles. The van der Waals surface area contributed by atoms with Gasteiger partial charge in [-0.15, -0.1) is 0 Å². The fraction of sp³-hybridized carbons (Fsp3) is 0.417. The number of benzene rings is 1. The Morgan fingerprint density at radius 2 is 1.71 bits per heavy atom. The first-order valence-electron chi connectivity index (χ1n) is 6.07. The van der Waals surface area contributed by atoms with E-state index in [-0.39, 0.29) is 17.2 Å². The van der Waals surface area contributed by atoms with Crippen LogP contribution in [0.2, 0.25) is 0 Å². The number of carbonyl (C=O) groups excluding carboxylic acids is 1. The van der Waals surface area contributed by atoms with Gasteiger partial charge in [-0.3, -0.25) is 20.2 Å². The number of rotatable bonds is 6. The summed E-state index contributed by atoms with van der Waals surface area (Å²) in [4.78, 5) is 32.1. The zero-order valence-electron chi connectivity index (χ0n) is 11.8. The molecule has 1 aromatic carbocycles. The molecule has 9 heteroatoms. The predicted molar refractivity (Wildman–Crippen MR) is 74.4 cm³/mol. The number of nitro benzene ring substituents is 2. The number of ether oxygens (including phenoxy) is 1. The van der Waals surface area contributed by atoms with Crippen LogP contribution in [0, 0.1) is 26.1 Å². The van der Waals surface area contributed by atoms with E-state index in [4.69, 9.17) is 0 Å². The van der Waals surface area contributed by atoms with Crippen LogP contribution in [0.25, 0.3) is 0 Å². The zero-order valence-corrected chi connectivity index (χ0v) is 11.8. The van der Waals surface area contributed by atoms with E-state index in [2.05, 4.69) is 10.1 Å². The van der Waals surface area contributed by atoms with E-state index < -0.39 is 27.2 Å². The van der Waals surface area contributed by atoms with Crippen molar-refractivity contribution < 1.29 is 19.4 Å². The van der Waals surface area contributed by atoms with Gasteiger partial charge in [0.1, 0.15) is 0 Å². The average Bonchev–Trinajstić information content (AvgIpc) is 2.42. The Morgan fingerprint density at radius 1 is 1.24 bits per heavy atom. The molecule has 21 heavy (non-hydrogen) atoms. The van der Waals surface area contributed by atoms with E-state index in [0.717, 1.165) is 19.2 Å². The largest absolute Gasteiger partial charge is 0.465 e. The van der Waals surface area contributed by atoms with Crippen molar-refractivity contribution in [3.8, 4) is 0 Å². The van der Waals surface area contributed by atoms with Gasteiger partial charge in [0, 0.05) is 18.7 Å². The van der Waals surface area contributed by atoms with Crippen LogP contribution in [0.15, 0.2) is 12.1 Å². The third-order valence-corrected chi connectivity index (χ3v) is 2.60. The van der Waals surface area contributed by atoms with Gasteiger partial charge in [-0.05, 0) is 5.92 Å². The second-order valence-corrected chi connectivity index (χ2v) is 4.67. The van der Waals surface area contributed by atoms with Gasteiger partial charge in [-0.2, -0.15) is 0 Å². The van der Waals surface area contributed by atoms with Crippen molar-refractivity contribution in [1.82, 2.24) is 0 Å². The summed E-state index contributed by atoms with van der Waals surface area (Å²) in [5.74, 6) is -0.749. The van der Waals surface area contributed by atoms with Crippen LogP contribution in [-0.2, 0) is 4.74 Å². The molecule has 1 rings (SSSR count). The topological polar surface area (TPSA) is 125 Å². The molecule has 9 nitrogen and oxygen atoms in total. The van der Waals surface area contributed by atoms with Gasteiger partial charge in [-0.25, -0.2) is 4.79 Å². The molecule has 0 spiro atoms. The predicted octanol–water partition coefficient (Wildman–Crippen LogP) is 2.36. The van der Waals surface area contributed by atoms with Crippen LogP contribution < -0.4 is 5.32 Å². The SMILES string of the molecule is COC(=O)c1cc([N+](=O)[O-])c(NCC(C)C)c([N+](=O)[O-])c1. The third-order valence-electron chi connectivity index (χ3n) is 2.60. The summed E-state index contributed by atoms with van der Waals surface area (Å²) >= 11 is 0. The molecular formula is C12H15N3O6. The molecule has 0 fully saturated rings. The maximum absolute atomic E-state index is 11.5. The number of nitrogens with one attached hydrogen (secondary N) is 1. The quantitative estimate of drug-likeness (QED) is 0.485. The van der Waals surface area contributed by atoms with Gasteiger partial charge >= 0.3 is 5.97 Å². The second kappa shape index (κ2) is 6.64. The van der Waals surface area contributed by atoms with Crippen molar-refractivity contribution in [2.45, 2.75) is 13.8 Å². The number of esters is 1. The zero-order chi connectivity index (χ0) is 16.2. The summed E-state index contributed by atoms with van der Waals surface area (Å²) in [6, 6.07) is 1.92. The van der Waals surface area contributed by atoms with Crippen molar-refractivity contribution in [2.75, 3.05) is 19.0 Å². The Morgan fingerprint density at radius 3 is 2.05 bits per heavy atom. The molecule has 1 aromatic rings. The Balaban J connectivity index is 3.47. The lowest BCUT2D eigenvalue weighted by Gasteiger charge is -2.10. The molecule has 0 aliphatic heterocycles. The normalized spacial score (nSPS) is 10.3. The molecule has 0 radical (unpaired) electrons. The lowest BCUT2D eigenvalue weighted by molar-refractivity contribution is -0.392. The molecule has 0 saturated heterocycles. The summed E-state index contributed by atoms with van der Waals surface area (Å²) in [6.07, 6.45) is 0. The Kier molecular flexibility index (Phi) is 5.17. The first-order chi connectivity index (χ1) is 9.77. The number of carbonyl (C=O) groups is 1. The number of methoxy groups -OCH3 is 1. The van der Waals surface area contributed by atoms with Crippen LogP contribution >= 0.6 is 0 Å². The maximum atomic E-state index is 11.5. The van der Waals surface area contributed by atoms with Gasteiger partial charge in [0.05, 0.1) is 22.5 Å². The van der Waals surface area contributed by atoms with Crippen LogP contribution in [-0.4, -0.2) is 29.5 Å². The molecule has 0 atom stereocenters. The minimum absolute atomic E-state index is 0.129. The lowest BCUT2D eigenvalue weighted by atomic mass is 10.1. The first-order valence-corrected chi connectivity index (χ1v) is 6.07. The summed E-state index contributed by atoms with van der Waals surface area (Å²) in [5, 5.41) is 24.9. The molecule has 0 aliphatic rings. The molecule has 0 amide bonds.